The number of amides is 3. The summed E-state index contributed by atoms with van der Waals surface area (Å²) in [5, 5.41) is 14.8. The summed E-state index contributed by atoms with van der Waals surface area (Å²) in [6, 6.07) is 10.7. The number of aryl methyl sites for hydroxylation is 1. The third-order valence-corrected chi connectivity index (χ3v) is 5.79. The van der Waals surface area contributed by atoms with Gasteiger partial charge in [-0.2, -0.15) is 0 Å². The molecule has 10 heteroatoms. The Bertz CT molecular complexity index is 1030. The molecule has 31 heavy (non-hydrogen) atoms. The molecule has 0 spiro atoms. The number of anilines is 2. The van der Waals surface area contributed by atoms with Crippen molar-refractivity contribution in [3.05, 3.63) is 58.9 Å². The third kappa shape index (κ3) is 4.62. The Balaban J connectivity index is 1.48. The van der Waals surface area contributed by atoms with Crippen molar-refractivity contribution in [2.24, 2.45) is 11.8 Å². The van der Waals surface area contributed by atoms with Gasteiger partial charge in [-0.15, -0.1) is 0 Å². The van der Waals surface area contributed by atoms with Crippen LogP contribution in [0.15, 0.2) is 42.5 Å². The molecule has 0 saturated carbocycles. The molecule has 2 aliphatic rings. The highest BCUT2D eigenvalue weighted by molar-refractivity contribution is 6.31. The topological polar surface area (TPSA) is 111 Å². The van der Waals surface area contributed by atoms with Crippen LogP contribution in [-0.2, 0) is 14.4 Å². The van der Waals surface area contributed by atoms with Gasteiger partial charge in [0.2, 0.25) is 17.7 Å². The number of hydrogen-bond donors (Lipinski definition) is 5. The molecule has 0 radical (unpaired) electrons. The summed E-state index contributed by atoms with van der Waals surface area (Å²) in [5.41, 5.74) is 1.93. The lowest BCUT2D eigenvalue weighted by molar-refractivity contribution is -0.144. The van der Waals surface area contributed by atoms with Gasteiger partial charge in [-0.25, -0.2) is 4.39 Å². The van der Waals surface area contributed by atoms with E-state index in [1.165, 1.54) is 24.3 Å². The summed E-state index contributed by atoms with van der Waals surface area (Å²) < 4.78 is 13.1. The maximum absolute atomic E-state index is 13.1. The van der Waals surface area contributed by atoms with E-state index in [1.54, 1.807) is 18.2 Å². The molecule has 2 saturated heterocycles. The molecule has 2 aromatic carbocycles. The first-order chi connectivity index (χ1) is 14.8. The van der Waals surface area contributed by atoms with Gasteiger partial charge < -0.3 is 21.3 Å². The molecule has 3 amide bonds. The van der Waals surface area contributed by atoms with Crippen molar-refractivity contribution >= 4 is 40.7 Å². The van der Waals surface area contributed by atoms with Crippen molar-refractivity contribution in [2.75, 3.05) is 10.6 Å². The summed E-state index contributed by atoms with van der Waals surface area (Å²) in [7, 11) is 0. The van der Waals surface area contributed by atoms with Gasteiger partial charge in [0.25, 0.3) is 0 Å². The number of carbonyl (C=O) groups excluding carboxylic acids is 3. The van der Waals surface area contributed by atoms with Crippen molar-refractivity contribution in [3.8, 4) is 0 Å². The lowest BCUT2D eigenvalue weighted by atomic mass is 9.81. The molecule has 8 nitrogen and oxygen atoms in total. The summed E-state index contributed by atoms with van der Waals surface area (Å²) in [5.74, 6) is -3.21. The van der Waals surface area contributed by atoms with E-state index in [-0.39, 0.29) is 24.1 Å². The fourth-order valence-corrected chi connectivity index (χ4v) is 3.95. The van der Waals surface area contributed by atoms with E-state index in [0.717, 1.165) is 5.56 Å². The summed E-state index contributed by atoms with van der Waals surface area (Å²) in [6.07, 6.45) is -1.57. The fourth-order valence-electron chi connectivity index (χ4n) is 3.77. The van der Waals surface area contributed by atoms with Gasteiger partial charge in [0.05, 0.1) is 18.0 Å². The van der Waals surface area contributed by atoms with Gasteiger partial charge in [-0.3, -0.25) is 19.7 Å². The first-order valence-corrected chi connectivity index (χ1v) is 10.1. The van der Waals surface area contributed by atoms with Gasteiger partial charge in [-0.1, -0.05) is 17.7 Å². The van der Waals surface area contributed by atoms with Gasteiger partial charge in [-0.05, 0) is 48.9 Å². The molecule has 4 rings (SSSR count). The predicted octanol–water partition coefficient (Wildman–Crippen LogP) is 1.92. The Hall–Kier alpha value is -3.17. The maximum Gasteiger partial charge on any atom is 0.229 e. The van der Waals surface area contributed by atoms with E-state index < -0.39 is 30.2 Å². The van der Waals surface area contributed by atoms with Crippen LogP contribution in [0.3, 0.4) is 0 Å². The molecule has 0 aromatic heterocycles. The molecule has 2 fully saturated rings. The number of carbonyl (C=O) groups is 3. The van der Waals surface area contributed by atoms with Crippen LogP contribution in [0.2, 0.25) is 5.02 Å². The number of rotatable bonds is 4. The van der Waals surface area contributed by atoms with Crippen LogP contribution in [0.5, 0.6) is 0 Å². The van der Waals surface area contributed by atoms with Crippen molar-refractivity contribution in [1.82, 2.24) is 16.0 Å². The van der Waals surface area contributed by atoms with Crippen molar-refractivity contribution < 1.29 is 18.8 Å². The lowest BCUT2D eigenvalue weighted by Gasteiger charge is -2.43. The number of halogens is 2. The quantitative estimate of drug-likeness (QED) is 0.493. The number of nitrogens with one attached hydrogen (secondary N) is 5. The summed E-state index contributed by atoms with van der Waals surface area (Å²) in [6.45, 7) is 1.85. The van der Waals surface area contributed by atoms with Crippen molar-refractivity contribution in [3.63, 3.8) is 0 Å². The number of fused-ring (bicyclic) bond motifs is 1. The molecule has 2 aliphatic heterocycles. The van der Waals surface area contributed by atoms with Crippen molar-refractivity contribution in [1.29, 1.82) is 0 Å². The zero-order valence-electron chi connectivity index (χ0n) is 16.5. The van der Waals surface area contributed by atoms with E-state index in [4.69, 9.17) is 11.6 Å². The van der Waals surface area contributed by atoms with Crippen LogP contribution in [0.1, 0.15) is 12.0 Å². The van der Waals surface area contributed by atoms with Gasteiger partial charge in [0.15, 0.2) is 6.29 Å². The Morgan fingerprint density at radius 1 is 1.10 bits per heavy atom. The summed E-state index contributed by atoms with van der Waals surface area (Å²) in [4.78, 5) is 38.0. The summed E-state index contributed by atoms with van der Waals surface area (Å²) >= 11 is 6.11. The molecule has 2 aromatic rings. The Labute approximate surface area is 182 Å². The molecule has 5 N–H and O–H groups in total. The molecule has 2 heterocycles. The molecular weight excluding hydrogens is 425 g/mol. The maximum atomic E-state index is 13.1. The van der Waals surface area contributed by atoms with Gasteiger partial charge in [0, 0.05) is 22.8 Å². The molecular formula is C21H21ClFN5O3. The molecule has 0 aliphatic carbocycles. The Kier molecular flexibility index (Phi) is 5.79. The van der Waals surface area contributed by atoms with E-state index in [2.05, 4.69) is 26.6 Å². The largest absolute Gasteiger partial charge is 0.353 e. The van der Waals surface area contributed by atoms with Gasteiger partial charge in [0.1, 0.15) is 5.82 Å². The Morgan fingerprint density at radius 2 is 1.81 bits per heavy atom. The molecule has 4 unspecified atom stereocenters. The van der Waals surface area contributed by atoms with Crippen LogP contribution in [0.4, 0.5) is 15.8 Å². The first kappa shape index (κ1) is 21.1. The van der Waals surface area contributed by atoms with Crippen LogP contribution in [0.25, 0.3) is 0 Å². The minimum absolute atomic E-state index is 0.113. The average Bonchev–Trinajstić information content (AvgIpc) is 2.71. The molecule has 0 bridgehead atoms. The minimum Gasteiger partial charge on any atom is -0.353 e. The van der Waals surface area contributed by atoms with Crippen LogP contribution in [-0.4, -0.2) is 30.2 Å². The molecule has 4 atom stereocenters. The minimum atomic E-state index is -0.863. The number of piperidine rings is 1. The zero-order chi connectivity index (χ0) is 22.1. The van der Waals surface area contributed by atoms with E-state index in [0.29, 0.717) is 16.4 Å². The highest BCUT2D eigenvalue weighted by Gasteiger charge is 2.48. The molecule has 162 valence electrons. The van der Waals surface area contributed by atoms with E-state index in [1.807, 2.05) is 6.92 Å². The van der Waals surface area contributed by atoms with Crippen LogP contribution in [0, 0.1) is 24.6 Å². The standard InChI is InChI=1S/C21H21ClFN5O3/c1-10-2-5-13(8-15(10)22)24-19(30)14-9-16(29)26-18-17(14)20(31)28-21(27-18)25-12-6-3-11(23)4-7-12/h2-8,14,17-18,21,25,27H,9H2,1H3,(H,24,30)(H,26,29)(H,28,31). The third-order valence-electron chi connectivity index (χ3n) is 5.38. The Morgan fingerprint density at radius 3 is 2.52 bits per heavy atom. The second-order valence-corrected chi connectivity index (χ2v) is 8.00. The normalized spacial score (nSPS) is 25.1. The van der Waals surface area contributed by atoms with Crippen LogP contribution >= 0.6 is 11.6 Å². The number of hydrogen-bond acceptors (Lipinski definition) is 5. The first-order valence-electron chi connectivity index (χ1n) is 9.75. The van der Waals surface area contributed by atoms with Gasteiger partial charge >= 0.3 is 0 Å². The smallest absolute Gasteiger partial charge is 0.229 e. The fraction of sp³-hybridized carbons (Fsp3) is 0.286. The lowest BCUT2D eigenvalue weighted by Crippen LogP contribution is -2.72. The highest BCUT2D eigenvalue weighted by atomic mass is 35.5. The van der Waals surface area contributed by atoms with Crippen LogP contribution < -0.4 is 26.6 Å². The van der Waals surface area contributed by atoms with E-state index >= 15 is 0 Å². The van der Waals surface area contributed by atoms with E-state index in [9.17, 15) is 18.8 Å². The van der Waals surface area contributed by atoms with Crippen molar-refractivity contribution in [2.45, 2.75) is 25.8 Å². The highest BCUT2D eigenvalue weighted by Crippen LogP contribution is 2.29. The predicted molar refractivity (Wildman–Crippen MR) is 113 cm³/mol. The second-order valence-electron chi connectivity index (χ2n) is 7.59. The zero-order valence-corrected chi connectivity index (χ0v) is 17.3. The number of benzene rings is 2. The SMILES string of the molecule is Cc1ccc(NC(=O)C2CC(=O)NC3NC(Nc4ccc(F)cc4)NC(=O)C32)cc1Cl. The second kappa shape index (κ2) is 8.52. The monoisotopic (exact) mass is 445 g/mol. The average molecular weight is 446 g/mol.